The summed E-state index contributed by atoms with van der Waals surface area (Å²) in [7, 11) is 0. The third kappa shape index (κ3) is 3.45. The number of hydrogen-bond acceptors (Lipinski definition) is 2. The summed E-state index contributed by atoms with van der Waals surface area (Å²) in [6.07, 6.45) is 1.83. The second-order valence-corrected chi connectivity index (χ2v) is 7.38. The van der Waals surface area contributed by atoms with Crippen molar-refractivity contribution in [2.75, 3.05) is 0 Å². The van der Waals surface area contributed by atoms with Crippen LogP contribution >= 0.6 is 0 Å². The van der Waals surface area contributed by atoms with Gasteiger partial charge in [0.15, 0.2) is 5.76 Å². The highest BCUT2D eigenvalue weighted by molar-refractivity contribution is 5.83. The maximum Gasteiger partial charge on any atom is 0.206 e. The van der Waals surface area contributed by atoms with E-state index < -0.39 is 0 Å². The second-order valence-electron chi connectivity index (χ2n) is 7.38. The van der Waals surface area contributed by atoms with Gasteiger partial charge in [0.25, 0.3) is 0 Å². The molecule has 0 fully saturated rings. The molecule has 1 heterocycles. The first-order valence-corrected chi connectivity index (χ1v) is 9.84. The summed E-state index contributed by atoms with van der Waals surface area (Å²) >= 11 is 0. The third-order valence-electron chi connectivity index (χ3n) is 5.35. The predicted octanol–water partition coefficient (Wildman–Crippen LogP) is 6.98. The number of benzene rings is 4. The third-order valence-corrected chi connectivity index (χ3v) is 5.35. The number of aryl methyl sites for hydroxylation is 1. The number of nitrogens with zero attached hydrogens (tertiary/aromatic N) is 1. The Kier molecular flexibility index (Phi) is 4.45. The molecule has 1 aromatic heterocycles. The van der Waals surface area contributed by atoms with Gasteiger partial charge in [-0.1, -0.05) is 103 Å². The van der Waals surface area contributed by atoms with Crippen LogP contribution in [-0.4, -0.2) is 4.98 Å². The Morgan fingerprint density at radius 1 is 0.690 bits per heavy atom. The smallest absolute Gasteiger partial charge is 0.206 e. The van der Waals surface area contributed by atoms with E-state index in [-0.39, 0.29) is 5.92 Å². The number of fused-ring (bicyclic) bond motifs is 1. The topological polar surface area (TPSA) is 26.0 Å². The molecule has 0 saturated carbocycles. The number of rotatable bonds is 4. The van der Waals surface area contributed by atoms with Gasteiger partial charge in [-0.15, -0.1) is 0 Å². The molecule has 1 atom stereocenters. The summed E-state index contributed by atoms with van der Waals surface area (Å²) in [5, 5.41) is 2.45. The van der Waals surface area contributed by atoms with Gasteiger partial charge in [0.2, 0.25) is 5.89 Å². The van der Waals surface area contributed by atoms with E-state index in [1.54, 1.807) is 0 Å². The van der Waals surface area contributed by atoms with Crippen molar-refractivity contribution in [2.45, 2.75) is 12.8 Å². The number of hydrogen-bond donors (Lipinski definition) is 0. The van der Waals surface area contributed by atoms with E-state index in [4.69, 9.17) is 4.42 Å². The maximum absolute atomic E-state index is 6.28. The van der Waals surface area contributed by atoms with Crippen LogP contribution in [0.25, 0.3) is 22.1 Å². The van der Waals surface area contributed by atoms with Gasteiger partial charge in [-0.3, -0.25) is 0 Å². The lowest BCUT2D eigenvalue weighted by Crippen LogP contribution is -2.03. The summed E-state index contributed by atoms with van der Waals surface area (Å²) in [6.45, 7) is 2.08. The van der Waals surface area contributed by atoms with Crippen molar-refractivity contribution in [1.82, 2.24) is 4.98 Å². The largest absolute Gasteiger partial charge is 0.440 e. The molecule has 0 N–H and O–H groups in total. The summed E-state index contributed by atoms with van der Waals surface area (Å²) in [5.41, 5.74) is 4.61. The van der Waals surface area contributed by atoms with Crippen molar-refractivity contribution in [3.8, 4) is 11.3 Å². The van der Waals surface area contributed by atoms with Gasteiger partial charge in [0.05, 0.1) is 12.1 Å². The van der Waals surface area contributed by atoms with Gasteiger partial charge in [-0.2, -0.15) is 0 Å². The van der Waals surface area contributed by atoms with Gasteiger partial charge >= 0.3 is 0 Å². The fraction of sp³-hybridized carbons (Fsp3) is 0.0741. The Balaban J connectivity index is 1.62. The van der Waals surface area contributed by atoms with Gasteiger partial charge in [-0.25, -0.2) is 4.98 Å². The predicted molar refractivity (Wildman–Crippen MR) is 118 cm³/mol. The molecule has 4 aromatic carbocycles. The van der Waals surface area contributed by atoms with Crippen molar-refractivity contribution in [1.29, 1.82) is 0 Å². The van der Waals surface area contributed by atoms with Crippen LogP contribution in [-0.2, 0) is 0 Å². The molecule has 0 spiro atoms. The molecule has 2 nitrogen and oxygen atoms in total. The standard InChI is InChI=1S/C27H21NO/c1-19-11-13-21(14-12-19)25-18-28-27(29-25)26(22-8-3-2-4-9-22)24-16-15-20-7-5-6-10-23(20)17-24/h2-18,26H,1H3. The fourth-order valence-electron chi connectivity index (χ4n) is 3.78. The van der Waals surface area contributed by atoms with Crippen molar-refractivity contribution >= 4 is 10.8 Å². The lowest BCUT2D eigenvalue weighted by atomic mass is 9.90. The van der Waals surface area contributed by atoms with E-state index in [2.05, 4.69) is 103 Å². The Morgan fingerprint density at radius 3 is 2.21 bits per heavy atom. The maximum atomic E-state index is 6.28. The normalized spacial score (nSPS) is 12.2. The van der Waals surface area contributed by atoms with Crippen molar-refractivity contribution in [3.05, 3.63) is 126 Å². The lowest BCUT2D eigenvalue weighted by molar-refractivity contribution is 0.500. The Hall–Kier alpha value is -3.65. The first-order chi connectivity index (χ1) is 14.3. The zero-order valence-electron chi connectivity index (χ0n) is 16.2. The highest BCUT2D eigenvalue weighted by atomic mass is 16.4. The average Bonchev–Trinajstić information content (AvgIpc) is 3.25. The molecule has 5 aromatic rings. The van der Waals surface area contributed by atoms with Crippen LogP contribution < -0.4 is 0 Å². The molecule has 140 valence electrons. The van der Waals surface area contributed by atoms with Crippen LogP contribution in [0, 0.1) is 6.92 Å². The Labute approximate surface area is 170 Å². The Bertz CT molecular complexity index is 1250. The minimum Gasteiger partial charge on any atom is -0.440 e. The van der Waals surface area contributed by atoms with E-state index in [1.807, 2.05) is 12.3 Å². The fourth-order valence-corrected chi connectivity index (χ4v) is 3.78. The van der Waals surface area contributed by atoms with E-state index in [0.29, 0.717) is 5.89 Å². The first kappa shape index (κ1) is 17.4. The Morgan fingerprint density at radius 2 is 1.41 bits per heavy atom. The first-order valence-electron chi connectivity index (χ1n) is 9.84. The van der Waals surface area contributed by atoms with Gasteiger partial charge in [0.1, 0.15) is 0 Å². The second kappa shape index (κ2) is 7.40. The van der Waals surface area contributed by atoms with Gasteiger partial charge < -0.3 is 4.42 Å². The molecule has 0 amide bonds. The molecular formula is C27H21NO. The van der Waals surface area contributed by atoms with E-state index >= 15 is 0 Å². The summed E-state index contributed by atoms with van der Waals surface area (Å²) in [5.74, 6) is 1.45. The zero-order valence-corrected chi connectivity index (χ0v) is 16.2. The van der Waals surface area contributed by atoms with Crippen molar-refractivity contribution in [3.63, 3.8) is 0 Å². The molecule has 0 aliphatic carbocycles. The highest BCUT2D eigenvalue weighted by Gasteiger charge is 2.22. The van der Waals surface area contributed by atoms with E-state index in [9.17, 15) is 0 Å². The molecule has 0 bridgehead atoms. The van der Waals surface area contributed by atoms with E-state index in [1.165, 1.54) is 27.5 Å². The monoisotopic (exact) mass is 375 g/mol. The molecule has 0 aliphatic heterocycles. The minimum atomic E-state index is -0.0556. The molecule has 5 rings (SSSR count). The molecule has 2 heteroatoms. The van der Waals surface area contributed by atoms with Crippen LogP contribution in [0.1, 0.15) is 28.5 Å². The van der Waals surface area contributed by atoms with Gasteiger partial charge in [-0.05, 0) is 28.8 Å². The van der Waals surface area contributed by atoms with Crippen LogP contribution in [0.2, 0.25) is 0 Å². The molecule has 29 heavy (non-hydrogen) atoms. The van der Waals surface area contributed by atoms with Crippen LogP contribution in [0.3, 0.4) is 0 Å². The summed E-state index contributed by atoms with van der Waals surface area (Å²) < 4.78 is 6.28. The van der Waals surface area contributed by atoms with Crippen molar-refractivity contribution in [2.24, 2.45) is 0 Å². The quantitative estimate of drug-likeness (QED) is 0.338. The minimum absolute atomic E-state index is 0.0556. The van der Waals surface area contributed by atoms with Crippen LogP contribution in [0.15, 0.2) is 108 Å². The summed E-state index contributed by atoms with van der Waals surface area (Å²) in [6, 6.07) is 33.8. The number of oxazole rings is 1. The van der Waals surface area contributed by atoms with Crippen LogP contribution in [0.5, 0.6) is 0 Å². The molecular weight excluding hydrogens is 354 g/mol. The molecule has 1 unspecified atom stereocenters. The number of aromatic nitrogens is 1. The highest BCUT2D eigenvalue weighted by Crippen LogP contribution is 2.35. The average molecular weight is 375 g/mol. The zero-order chi connectivity index (χ0) is 19.6. The van der Waals surface area contributed by atoms with Gasteiger partial charge in [0, 0.05) is 5.56 Å². The van der Waals surface area contributed by atoms with Crippen LogP contribution in [0.4, 0.5) is 0 Å². The molecule has 0 saturated heterocycles. The van der Waals surface area contributed by atoms with Crippen molar-refractivity contribution < 1.29 is 4.42 Å². The molecule has 0 aliphatic rings. The molecule has 0 radical (unpaired) electrons. The SMILES string of the molecule is Cc1ccc(-c2cnc(C(c3ccccc3)c3ccc4ccccc4c3)o2)cc1. The van der Waals surface area contributed by atoms with E-state index in [0.717, 1.165) is 11.3 Å². The summed E-state index contributed by atoms with van der Waals surface area (Å²) in [4.78, 5) is 4.68. The lowest BCUT2D eigenvalue weighted by Gasteiger charge is -2.15.